The Balaban J connectivity index is 1.99. The van der Waals surface area contributed by atoms with E-state index in [-0.39, 0.29) is 24.1 Å². The highest BCUT2D eigenvalue weighted by Gasteiger charge is 2.37. The lowest BCUT2D eigenvalue weighted by atomic mass is 10.1. The Bertz CT molecular complexity index is 733. The summed E-state index contributed by atoms with van der Waals surface area (Å²) in [5.41, 5.74) is 1.49. The zero-order chi connectivity index (χ0) is 18.4. The topological polar surface area (TPSA) is 95.6 Å². The van der Waals surface area contributed by atoms with Crippen molar-refractivity contribution >= 4 is 27.5 Å². The zero-order valence-corrected chi connectivity index (χ0v) is 15.4. The summed E-state index contributed by atoms with van der Waals surface area (Å²) in [6, 6.07) is 6.55. The molecule has 1 atom stereocenters. The summed E-state index contributed by atoms with van der Waals surface area (Å²) in [5.74, 6) is -0.374. The molecule has 0 aliphatic carbocycles. The van der Waals surface area contributed by atoms with Crippen molar-refractivity contribution in [1.82, 2.24) is 9.62 Å². The Morgan fingerprint density at radius 3 is 2.76 bits per heavy atom. The molecule has 1 heterocycles. The summed E-state index contributed by atoms with van der Waals surface area (Å²) < 4.78 is 25.9. The lowest BCUT2D eigenvalue weighted by molar-refractivity contribution is -0.124. The molecule has 8 heteroatoms. The van der Waals surface area contributed by atoms with Crippen LogP contribution in [0.2, 0.25) is 0 Å². The van der Waals surface area contributed by atoms with Crippen LogP contribution < -0.4 is 10.6 Å². The van der Waals surface area contributed by atoms with Crippen molar-refractivity contribution in [2.24, 2.45) is 0 Å². The number of rotatable bonds is 7. The van der Waals surface area contributed by atoms with Crippen LogP contribution in [0.15, 0.2) is 24.3 Å². The predicted molar refractivity (Wildman–Crippen MR) is 96.4 cm³/mol. The number of nitrogens with one attached hydrogen (secondary N) is 2. The second-order valence-corrected chi connectivity index (χ2v) is 8.23. The van der Waals surface area contributed by atoms with Crippen molar-refractivity contribution in [3.05, 3.63) is 29.8 Å². The van der Waals surface area contributed by atoms with Gasteiger partial charge in [-0.05, 0) is 37.0 Å². The average molecular weight is 367 g/mol. The van der Waals surface area contributed by atoms with E-state index in [1.54, 1.807) is 18.2 Å². The maximum Gasteiger partial charge on any atom is 0.238 e. The third-order valence-corrected chi connectivity index (χ3v) is 6.12. The molecule has 1 fully saturated rings. The number of sulfonamides is 1. The van der Waals surface area contributed by atoms with Crippen molar-refractivity contribution < 1.29 is 18.0 Å². The van der Waals surface area contributed by atoms with E-state index in [0.717, 1.165) is 5.56 Å². The molecule has 0 radical (unpaired) electrons. The zero-order valence-electron chi connectivity index (χ0n) is 14.6. The molecular formula is C17H25N3O4S. The molecule has 0 aromatic heterocycles. The quantitative estimate of drug-likeness (QED) is 0.763. The molecule has 1 aliphatic heterocycles. The van der Waals surface area contributed by atoms with E-state index in [1.807, 2.05) is 13.0 Å². The van der Waals surface area contributed by atoms with Crippen molar-refractivity contribution in [2.45, 2.75) is 45.7 Å². The first-order valence-electron chi connectivity index (χ1n) is 8.47. The van der Waals surface area contributed by atoms with E-state index in [1.165, 1.54) is 11.2 Å². The maximum absolute atomic E-state index is 12.5. The van der Waals surface area contributed by atoms with Gasteiger partial charge in [0.05, 0.1) is 5.75 Å². The Hall–Kier alpha value is -1.93. The molecule has 1 saturated heterocycles. The molecule has 25 heavy (non-hydrogen) atoms. The minimum absolute atomic E-state index is 0.0650. The summed E-state index contributed by atoms with van der Waals surface area (Å²) in [6.45, 7) is 3.92. The summed E-state index contributed by atoms with van der Waals surface area (Å²) in [6.07, 6.45) is 1.77. The first kappa shape index (κ1) is 19.4. The van der Waals surface area contributed by atoms with Gasteiger partial charge in [-0.2, -0.15) is 4.31 Å². The van der Waals surface area contributed by atoms with Gasteiger partial charge in [0, 0.05) is 25.7 Å². The Kier molecular flexibility index (Phi) is 6.55. The number of carbonyl (C=O) groups is 2. The minimum Gasteiger partial charge on any atom is -0.351 e. The molecule has 2 N–H and O–H groups in total. The molecule has 2 rings (SSSR count). The largest absolute Gasteiger partial charge is 0.351 e. The molecule has 0 saturated carbocycles. The highest BCUT2D eigenvalue weighted by Crippen LogP contribution is 2.22. The summed E-state index contributed by atoms with van der Waals surface area (Å²) in [4.78, 5) is 23.6. The van der Waals surface area contributed by atoms with Gasteiger partial charge in [-0.1, -0.05) is 19.1 Å². The lowest BCUT2D eigenvalue weighted by Gasteiger charge is -2.23. The van der Waals surface area contributed by atoms with Crippen molar-refractivity contribution in [3.63, 3.8) is 0 Å². The fourth-order valence-corrected chi connectivity index (χ4v) is 4.73. The van der Waals surface area contributed by atoms with Crippen LogP contribution in [0.4, 0.5) is 5.69 Å². The summed E-state index contributed by atoms with van der Waals surface area (Å²) in [5, 5.41) is 5.50. The van der Waals surface area contributed by atoms with Gasteiger partial charge in [0.15, 0.2) is 0 Å². The van der Waals surface area contributed by atoms with E-state index >= 15 is 0 Å². The van der Waals surface area contributed by atoms with Gasteiger partial charge in [0.25, 0.3) is 0 Å². The van der Waals surface area contributed by atoms with Crippen LogP contribution in [-0.2, 0) is 26.2 Å². The average Bonchev–Trinajstić information content (AvgIpc) is 3.03. The third kappa shape index (κ3) is 5.27. The molecule has 1 aliphatic rings. The van der Waals surface area contributed by atoms with Crippen LogP contribution in [0.1, 0.15) is 38.7 Å². The smallest absolute Gasteiger partial charge is 0.238 e. The second-order valence-electron chi connectivity index (χ2n) is 6.18. The van der Waals surface area contributed by atoms with Crippen molar-refractivity contribution in [2.75, 3.05) is 17.6 Å². The van der Waals surface area contributed by atoms with Gasteiger partial charge in [-0.25, -0.2) is 8.42 Å². The van der Waals surface area contributed by atoms with Crippen LogP contribution >= 0.6 is 0 Å². The molecule has 0 spiro atoms. The van der Waals surface area contributed by atoms with Gasteiger partial charge in [0.1, 0.15) is 6.04 Å². The standard InChI is InChI=1S/C17H25N3O4S/c1-3-10-25(23,24)20-9-5-8-16(20)17(22)18-12-14-6-4-7-15(11-14)19-13(2)21/h4,6-7,11,16H,3,5,8-10,12H2,1-2H3,(H,18,22)(H,19,21). The van der Waals surface area contributed by atoms with Crippen LogP contribution in [0.25, 0.3) is 0 Å². The van der Waals surface area contributed by atoms with E-state index < -0.39 is 16.1 Å². The predicted octanol–water partition coefficient (Wildman–Crippen LogP) is 1.47. The fraction of sp³-hybridized carbons (Fsp3) is 0.529. The number of hydrogen-bond donors (Lipinski definition) is 2. The number of amides is 2. The van der Waals surface area contributed by atoms with E-state index in [0.29, 0.717) is 31.5 Å². The number of hydrogen-bond acceptors (Lipinski definition) is 4. The number of carbonyl (C=O) groups excluding carboxylic acids is 2. The fourth-order valence-electron chi connectivity index (χ4n) is 2.98. The first-order valence-corrected chi connectivity index (χ1v) is 10.1. The Morgan fingerprint density at radius 1 is 1.32 bits per heavy atom. The SMILES string of the molecule is CCCS(=O)(=O)N1CCCC1C(=O)NCc1cccc(NC(C)=O)c1. The van der Waals surface area contributed by atoms with Crippen LogP contribution in [0.3, 0.4) is 0 Å². The van der Waals surface area contributed by atoms with E-state index in [4.69, 9.17) is 0 Å². The number of nitrogens with zero attached hydrogens (tertiary/aromatic N) is 1. The second kappa shape index (κ2) is 8.44. The third-order valence-electron chi connectivity index (χ3n) is 4.04. The maximum atomic E-state index is 12.5. The van der Waals surface area contributed by atoms with Gasteiger partial charge in [-0.3, -0.25) is 9.59 Å². The van der Waals surface area contributed by atoms with Gasteiger partial charge < -0.3 is 10.6 Å². The van der Waals surface area contributed by atoms with E-state index in [2.05, 4.69) is 10.6 Å². The number of anilines is 1. The number of benzene rings is 1. The highest BCUT2D eigenvalue weighted by molar-refractivity contribution is 7.89. The van der Waals surface area contributed by atoms with Crippen LogP contribution in [-0.4, -0.2) is 42.9 Å². The highest BCUT2D eigenvalue weighted by atomic mass is 32.2. The van der Waals surface area contributed by atoms with Crippen LogP contribution in [0, 0.1) is 0 Å². The monoisotopic (exact) mass is 367 g/mol. The molecule has 1 aromatic carbocycles. The normalized spacial score (nSPS) is 18.1. The minimum atomic E-state index is -3.38. The van der Waals surface area contributed by atoms with Crippen LogP contribution in [0.5, 0.6) is 0 Å². The van der Waals surface area contributed by atoms with Gasteiger partial charge in [0.2, 0.25) is 21.8 Å². The van der Waals surface area contributed by atoms with Gasteiger partial charge >= 0.3 is 0 Å². The lowest BCUT2D eigenvalue weighted by Crippen LogP contribution is -2.46. The molecule has 138 valence electrons. The van der Waals surface area contributed by atoms with Crippen molar-refractivity contribution in [3.8, 4) is 0 Å². The molecule has 2 amide bonds. The molecule has 1 unspecified atom stereocenters. The first-order chi connectivity index (χ1) is 11.8. The molecule has 0 bridgehead atoms. The Labute approximate surface area is 148 Å². The molecule has 1 aromatic rings. The van der Waals surface area contributed by atoms with Crippen molar-refractivity contribution in [1.29, 1.82) is 0 Å². The van der Waals surface area contributed by atoms with Gasteiger partial charge in [-0.15, -0.1) is 0 Å². The molecular weight excluding hydrogens is 342 g/mol. The molecule has 7 nitrogen and oxygen atoms in total. The summed E-state index contributed by atoms with van der Waals surface area (Å²) >= 11 is 0. The Morgan fingerprint density at radius 2 is 2.08 bits per heavy atom. The van der Waals surface area contributed by atoms with E-state index in [9.17, 15) is 18.0 Å². The summed E-state index contributed by atoms with van der Waals surface area (Å²) in [7, 11) is -3.38.